The van der Waals surface area contributed by atoms with Crippen LogP contribution in [0.1, 0.15) is 30.1 Å². The molecule has 22 heavy (non-hydrogen) atoms. The molecular weight excluding hydrogens is 296 g/mol. The highest BCUT2D eigenvalue weighted by Gasteiger charge is 2.34. The summed E-state index contributed by atoms with van der Waals surface area (Å²) in [5, 5.41) is 0. The molecule has 5 heteroatoms. The van der Waals surface area contributed by atoms with Gasteiger partial charge in [-0.05, 0) is 44.0 Å². The second-order valence-corrected chi connectivity index (χ2v) is 7.60. The topological polar surface area (TPSA) is 52.0 Å². The highest BCUT2D eigenvalue weighted by atomic mass is 32.2. The van der Waals surface area contributed by atoms with Crippen LogP contribution in [0.4, 0.5) is 0 Å². The molecule has 0 spiro atoms. The summed E-state index contributed by atoms with van der Waals surface area (Å²) in [7, 11) is -3.62. The molecule has 0 aliphatic heterocycles. The number of benzene rings is 2. The van der Waals surface area contributed by atoms with Crippen molar-refractivity contribution in [1.82, 2.24) is 8.96 Å². The minimum atomic E-state index is -3.62. The van der Waals surface area contributed by atoms with E-state index in [9.17, 15) is 8.42 Å². The third-order valence-corrected chi connectivity index (χ3v) is 5.78. The fourth-order valence-corrected chi connectivity index (χ4v) is 4.23. The molecule has 0 bridgehead atoms. The molecule has 112 valence electrons. The van der Waals surface area contributed by atoms with Gasteiger partial charge in [-0.2, -0.15) is 0 Å². The summed E-state index contributed by atoms with van der Waals surface area (Å²) in [5.41, 5.74) is 2.43. The van der Waals surface area contributed by atoms with Crippen LogP contribution >= 0.6 is 0 Å². The average Bonchev–Trinajstić information content (AvgIpc) is 3.27. The Labute approximate surface area is 129 Å². The largest absolute Gasteiger partial charge is 0.269 e. The van der Waals surface area contributed by atoms with E-state index in [1.165, 1.54) is 3.97 Å². The molecule has 0 atom stereocenters. The molecule has 1 aromatic heterocycles. The maximum atomic E-state index is 13.1. The first-order chi connectivity index (χ1) is 10.6. The fourth-order valence-electron chi connectivity index (χ4n) is 2.69. The Morgan fingerprint density at radius 1 is 1.05 bits per heavy atom. The van der Waals surface area contributed by atoms with Crippen LogP contribution in [0.2, 0.25) is 0 Å². The Morgan fingerprint density at radius 2 is 1.73 bits per heavy atom. The molecule has 1 saturated carbocycles. The Kier molecular flexibility index (Phi) is 2.87. The first-order valence-electron chi connectivity index (χ1n) is 7.37. The monoisotopic (exact) mass is 312 g/mol. The predicted molar refractivity (Wildman–Crippen MR) is 85.5 cm³/mol. The Balaban J connectivity index is 1.99. The van der Waals surface area contributed by atoms with Crippen molar-refractivity contribution in [2.75, 3.05) is 0 Å². The van der Waals surface area contributed by atoms with Crippen molar-refractivity contribution < 1.29 is 8.42 Å². The van der Waals surface area contributed by atoms with Crippen molar-refractivity contribution in [2.24, 2.45) is 0 Å². The normalized spacial score (nSPS) is 15.3. The minimum Gasteiger partial charge on any atom is -0.232 e. The van der Waals surface area contributed by atoms with Crippen LogP contribution in [0.3, 0.4) is 0 Å². The van der Waals surface area contributed by atoms with Crippen molar-refractivity contribution in [3.8, 4) is 0 Å². The number of aromatic nitrogens is 2. The van der Waals surface area contributed by atoms with Gasteiger partial charge in [-0.1, -0.05) is 29.8 Å². The van der Waals surface area contributed by atoms with Crippen molar-refractivity contribution in [3.63, 3.8) is 0 Å². The summed E-state index contributed by atoms with van der Waals surface area (Å²) in [6.07, 6.45) is 2.01. The Hall–Kier alpha value is -2.14. The van der Waals surface area contributed by atoms with E-state index in [4.69, 9.17) is 0 Å². The second-order valence-electron chi connectivity index (χ2n) is 5.82. The van der Waals surface area contributed by atoms with Crippen LogP contribution in [0.15, 0.2) is 53.4 Å². The van der Waals surface area contributed by atoms with E-state index in [0.717, 1.165) is 23.9 Å². The number of aryl methyl sites for hydroxylation is 1. The van der Waals surface area contributed by atoms with Gasteiger partial charge in [-0.25, -0.2) is 17.4 Å². The molecule has 1 aliphatic carbocycles. The van der Waals surface area contributed by atoms with E-state index in [-0.39, 0.29) is 5.92 Å². The van der Waals surface area contributed by atoms with Gasteiger partial charge in [-0.15, -0.1) is 0 Å². The lowest BCUT2D eigenvalue weighted by atomic mass is 10.2. The zero-order chi connectivity index (χ0) is 15.3. The van der Waals surface area contributed by atoms with E-state index in [1.807, 2.05) is 43.3 Å². The third kappa shape index (κ3) is 2.04. The number of fused-ring (bicyclic) bond motifs is 1. The highest BCUT2D eigenvalue weighted by molar-refractivity contribution is 7.90. The van der Waals surface area contributed by atoms with Gasteiger partial charge in [0.05, 0.1) is 15.9 Å². The van der Waals surface area contributed by atoms with Gasteiger partial charge >= 0.3 is 0 Å². The molecule has 0 saturated heterocycles. The van der Waals surface area contributed by atoms with E-state index < -0.39 is 10.0 Å². The summed E-state index contributed by atoms with van der Waals surface area (Å²) in [6, 6.07) is 14.4. The first-order valence-corrected chi connectivity index (χ1v) is 8.81. The summed E-state index contributed by atoms with van der Waals surface area (Å²) in [6.45, 7) is 1.94. The fraction of sp³-hybridized carbons (Fsp3) is 0.235. The zero-order valence-electron chi connectivity index (χ0n) is 12.2. The molecule has 1 heterocycles. The predicted octanol–water partition coefficient (Wildman–Crippen LogP) is 3.46. The molecular formula is C17H16N2O2S. The third-order valence-electron chi connectivity index (χ3n) is 4.05. The van der Waals surface area contributed by atoms with Crippen molar-refractivity contribution >= 4 is 21.1 Å². The lowest BCUT2D eigenvalue weighted by Crippen LogP contribution is -2.15. The lowest BCUT2D eigenvalue weighted by Gasteiger charge is -2.10. The van der Waals surface area contributed by atoms with Gasteiger partial charge in [0, 0.05) is 5.92 Å². The number of nitrogens with zero attached hydrogens (tertiary/aromatic N) is 2. The molecule has 1 fully saturated rings. The number of para-hydroxylation sites is 2. The van der Waals surface area contributed by atoms with Crippen molar-refractivity contribution in [2.45, 2.75) is 30.6 Å². The Bertz CT molecular complexity index is 952. The average molecular weight is 312 g/mol. The molecule has 4 rings (SSSR count). The van der Waals surface area contributed by atoms with Crippen LogP contribution in [-0.2, 0) is 10.0 Å². The quantitative estimate of drug-likeness (QED) is 0.744. The smallest absolute Gasteiger partial charge is 0.232 e. The summed E-state index contributed by atoms with van der Waals surface area (Å²) >= 11 is 0. The van der Waals surface area contributed by atoms with Gasteiger partial charge < -0.3 is 0 Å². The molecule has 0 amide bonds. The lowest BCUT2D eigenvalue weighted by molar-refractivity contribution is 0.586. The van der Waals surface area contributed by atoms with Gasteiger partial charge in [0.1, 0.15) is 5.82 Å². The number of hydrogen-bond acceptors (Lipinski definition) is 3. The van der Waals surface area contributed by atoms with Crippen LogP contribution in [0.25, 0.3) is 11.0 Å². The summed E-state index contributed by atoms with van der Waals surface area (Å²) in [4.78, 5) is 4.88. The van der Waals surface area contributed by atoms with Gasteiger partial charge in [0.15, 0.2) is 0 Å². The zero-order valence-corrected chi connectivity index (χ0v) is 13.0. The molecule has 1 aliphatic rings. The Morgan fingerprint density at radius 3 is 2.41 bits per heavy atom. The van der Waals surface area contributed by atoms with Gasteiger partial charge in [-0.3, -0.25) is 0 Å². The molecule has 0 unspecified atom stereocenters. The highest BCUT2D eigenvalue weighted by Crippen LogP contribution is 2.41. The summed E-state index contributed by atoms with van der Waals surface area (Å²) < 4.78 is 27.6. The molecule has 4 nitrogen and oxygen atoms in total. The molecule has 0 radical (unpaired) electrons. The van der Waals surface area contributed by atoms with E-state index in [2.05, 4.69) is 4.98 Å². The van der Waals surface area contributed by atoms with E-state index >= 15 is 0 Å². The maximum Gasteiger partial charge on any atom is 0.269 e. The SMILES string of the molecule is Cc1ccc(S(=O)(=O)n2c(C3CC3)nc3ccccc32)cc1. The minimum absolute atomic E-state index is 0.257. The summed E-state index contributed by atoms with van der Waals surface area (Å²) in [5.74, 6) is 0.925. The first kappa shape index (κ1) is 13.5. The van der Waals surface area contributed by atoms with Gasteiger partial charge in [0.25, 0.3) is 10.0 Å². The molecule has 0 N–H and O–H groups in total. The van der Waals surface area contributed by atoms with Crippen LogP contribution < -0.4 is 0 Å². The van der Waals surface area contributed by atoms with Crippen molar-refractivity contribution in [1.29, 1.82) is 0 Å². The van der Waals surface area contributed by atoms with Crippen molar-refractivity contribution in [3.05, 3.63) is 59.9 Å². The van der Waals surface area contributed by atoms with Crippen LogP contribution in [0, 0.1) is 6.92 Å². The van der Waals surface area contributed by atoms with E-state index in [0.29, 0.717) is 16.2 Å². The molecule has 2 aromatic carbocycles. The number of hydrogen-bond donors (Lipinski definition) is 0. The van der Waals surface area contributed by atoms with E-state index in [1.54, 1.807) is 12.1 Å². The maximum absolute atomic E-state index is 13.1. The van der Waals surface area contributed by atoms with Crippen LogP contribution in [-0.4, -0.2) is 17.4 Å². The van der Waals surface area contributed by atoms with Crippen LogP contribution in [0.5, 0.6) is 0 Å². The molecule has 3 aromatic rings. The van der Waals surface area contributed by atoms with Gasteiger partial charge in [0.2, 0.25) is 0 Å². The second kappa shape index (κ2) is 4.68. The standard InChI is InChI=1S/C17H16N2O2S/c1-12-6-10-14(11-7-12)22(20,21)19-16-5-3-2-4-15(16)18-17(19)13-8-9-13/h2-7,10-11,13H,8-9H2,1H3. The number of imidazole rings is 1. The number of rotatable bonds is 3.